The predicted molar refractivity (Wildman–Crippen MR) is 145 cm³/mol. The van der Waals surface area contributed by atoms with Gasteiger partial charge >= 0.3 is 0 Å². The summed E-state index contributed by atoms with van der Waals surface area (Å²) in [6.07, 6.45) is 1.01. The maximum absolute atomic E-state index is 13.6. The maximum Gasteiger partial charge on any atom is 0.261 e. The third kappa shape index (κ3) is 4.81. The van der Waals surface area contributed by atoms with Gasteiger partial charge in [0.1, 0.15) is 5.78 Å². The number of benzene rings is 3. The maximum atomic E-state index is 13.6. The molecule has 190 valence electrons. The Morgan fingerprint density at radius 2 is 1.59 bits per heavy atom. The highest BCUT2D eigenvalue weighted by molar-refractivity contribution is 7.92. The minimum atomic E-state index is -3.82. The largest absolute Gasteiger partial charge is 0.302 e. The molecule has 1 saturated carbocycles. The summed E-state index contributed by atoms with van der Waals surface area (Å²) in [5.74, 6) is -0.801. The van der Waals surface area contributed by atoms with Gasteiger partial charge in [-0.1, -0.05) is 56.3 Å². The molecule has 8 heteroatoms. The second-order valence-corrected chi connectivity index (χ2v) is 12.1. The van der Waals surface area contributed by atoms with Crippen molar-refractivity contribution in [1.29, 1.82) is 0 Å². The molecule has 0 radical (unpaired) electrons. The van der Waals surface area contributed by atoms with Gasteiger partial charge < -0.3 is 4.90 Å². The summed E-state index contributed by atoms with van der Waals surface area (Å²) in [5, 5.41) is 0. The van der Waals surface area contributed by atoms with Crippen molar-refractivity contribution in [3.63, 3.8) is 0 Å². The van der Waals surface area contributed by atoms with Crippen molar-refractivity contribution in [2.45, 2.75) is 44.6 Å². The van der Waals surface area contributed by atoms with Crippen LogP contribution in [-0.4, -0.2) is 25.8 Å². The second kappa shape index (κ2) is 9.27. The van der Waals surface area contributed by atoms with Crippen molar-refractivity contribution in [3.8, 4) is 0 Å². The van der Waals surface area contributed by atoms with Gasteiger partial charge in [-0.3, -0.25) is 19.3 Å². The van der Waals surface area contributed by atoms with Crippen molar-refractivity contribution in [2.24, 2.45) is 16.3 Å². The fourth-order valence-electron chi connectivity index (χ4n) is 5.39. The molecule has 0 spiro atoms. The summed E-state index contributed by atoms with van der Waals surface area (Å²) in [6, 6.07) is 21.9. The molecule has 7 nitrogen and oxygen atoms in total. The molecule has 0 saturated heterocycles. The van der Waals surface area contributed by atoms with Gasteiger partial charge in [-0.2, -0.15) is 0 Å². The van der Waals surface area contributed by atoms with Gasteiger partial charge in [0.15, 0.2) is 0 Å². The van der Waals surface area contributed by atoms with Gasteiger partial charge in [-0.15, -0.1) is 0 Å². The molecule has 1 fully saturated rings. The van der Waals surface area contributed by atoms with Gasteiger partial charge in [0, 0.05) is 24.7 Å². The number of nitrogens with zero attached hydrogens (tertiary/aromatic N) is 2. The zero-order valence-corrected chi connectivity index (χ0v) is 21.8. The molecule has 1 amide bonds. The lowest BCUT2D eigenvalue weighted by molar-refractivity contribution is -0.124. The number of amides is 1. The molecular formula is C29H29N3O4S. The highest BCUT2D eigenvalue weighted by Crippen LogP contribution is 2.48. The molecule has 1 heterocycles. The van der Waals surface area contributed by atoms with E-state index in [1.54, 1.807) is 41.3 Å². The first-order valence-corrected chi connectivity index (χ1v) is 13.7. The van der Waals surface area contributed by atoms with Crippen LogP contribution in [0.15, 0.2) is 88.8 Å². The number of Topliss-reactive ketones (excluding diaryl/α,β-unsaturated/α-hetero) is 1. The van der Waals surface area contributed by atoms with E-state index in [1.165, 1.54) is 19.1 Å². The minimum absolute atomic E-state index is 0.0292. The Kier molecular flexibility index (Phi) is 6.23. The molecule has 5 rings (SSSR count). The lowest BCUT2D eigenvalue weighted by atomic mass is 9.68. The van der Waals surface area contributed by atoms with Crippen LogP contribution in [0.1, 0.15) is 45.2 Å². The fourth-order valence-corrected chi connectivity index (χ4v) is 6.44. The lowest BCUT2D eigenvalue weighted by Crippen LogP contribution is -2.46. The number of aliphatic imine (C=N–C) groups is 1. The van der Waals surface area contributed by atoms with Crippen LogP contribution in [0.5, 0.6) is 0 Å². The smallest absolute Gasteiger partial charge is 0.261 e. The SMILES string of the molecule is CC(=O)N1c2ccccc2N=C2CC(C)(C)CC(=O)C2C1c1ccc(S(=O)(=O)Nc2ccccc2)cc1. The summed E-state index contributed by atoms with van der Waals surface area (Å²) in [6.45, 7) is 5.59. The Labute approximate surface area is 217 Å². The average molecular weight is 516 g/mol. The van der Waals surface area contributed by atoms with Crippen LogP contribution in [-0.2, 0) is 19.6 Å². The Hall–Kier alpha value is -3.78. The molecule has 2 atom stereocenters. The average Bonchev–Trinajstić information content (AvgIpc) is 2.98. The van der Waals surface area contributed by atoms with Crippen molar-refractivity contribution >= 4 is 44.5 Å². The normalized spacial score (nSPS) is 20.8. The molecule has 0 aromatic heterocycles. The first-order chi connectivity index (χ1) is 17.6. The number of ketones is 1. The van der Waals surface area contributed by atoms with Gasteiger partial charge in [0.25, 0.3) is 10.0 Å². The first kappa shape index (κ1) is 24.9. The van der Waals surface area contributed by atoms with E-state index in [0.717, 1.165) is 5.71 Å². The van der Waals surface area contributed by atoms with Gasteiger partial charge in [0.2, 0.25) is 5.91 Å². The number of para-hydroxylation sites is 3. The Balaban J connectivity index is 1.60. The van der Waals surface area contributed by atoms with Crippen molar-refractivity contribution in [2.75, 3.05) is 9.62 Å². The van der Waals surface area contributed by atoms with Crippen molar-refractivity contribution in [3.05, 3.63) is 84.4 Å². The van der Waals surface area contributed by atoms with Crippen molar-refractivity contribution < 1.29 is 18.0 Å². The molecule has 1 aliphatic heterocycles. The number of fused-ring (bicyclic) bond motifs is 2. The van der Waals surface area contributed by atoms with Crippen LogP contribution in [0.2, 0.25) is 0 Å². The van der Waals surface area contributed by atoms with Crippen LogP contribution in [0.3, 0.4) is 0 Å². The monoisotopic (exact) mass is 515 g/mol. The third-order valence-electron chi connectivity index (χ3n) is 6.91. The van der Waals surface area contributed by atoms with Crippen LogP contribution in [0.4, 0.5) is 17.1 Å². The second-order valence-electron chi connectivity index (χ2n) is 10.4. The topological polar surface area (TPSA) is 95.9 Å². The van der Waals surface area contributed by atoms with E-state index in [4.69, 9.17) is 4.99 Å². The summed E-state index contributed by atoms with van der Waals surface area (Å²) in [7, 11) is -3.82. The number of carbonyl (C=O) groups excluding carboxylic acids is 2. The predicted octanol–water partition coefficient (Wildman–Crippen LogP) is 5.67. The lowest BCUT2D eigenvalue weighted by Gasteiger charge is -2.40. The van der Waals surface area contributed by atoms with E-state index in [-0.39, 0.29) is 22.0 Å². The number of nitrogens with one attached hydrogen (secondary N) is 1. The zero-order chi connectivity index (χ0) is 26.4. The molecule has 2 aliphatic rings. The Bertz CT molecular complexity index is 1500. The van der Waals surface area contributed by atoms with E-state index >= 15 is 0 Å². The highest BCUT2D eigenvalue weighted by atomic mass is 32.2. The van der Waals surface area contributed by atoms with Crippen LogP contribution in [0.25, 0.3) is 0 Å². The van der Waals surface area contributed by atoms with E-state index in [1.807, 2.05) is 30.3 Å². The molecule has 0 bridgehead atoms. The first-order valence-electron chi connectivity index (χ1n) is 12.2. The molecule has 1 N–H and O–H groups in total. The summed E-state index contributed by atoms with van der Waals surface area (Å²) >= 11 is 0. The Morgan fingerprint density at radius 1 is 0.946 bits per heavy atom. The van der Waals surface area contributed by atoms with E-state index < -0.39 is 22.0 Å². The van der Waals surface area contributed by atoms with Crippen LogP contribution >= 0.6 is 0 Å². The van der Waals surface area contributed by atoms with Crippen molar-refractivity contribution in [1.82, 2.24) is 0 Å². The summed E-state index contributed by atoms with van der Waals surface area (Å²) in [4.78, 5) is 33.3. The summed E-state index contributed by atoms with van der Waals surface area (Å²) in [5.41, 5.74) is 2.94. The highest BCUT2D eigenvalue weighted by Gasteiger charge is 2.47. The molecule has 2 unspecified atom stereocenters. The quantitative estimate of drug-likeness (QED) is 0.484. The van der Waals surface area contributed by atoms with E-state index in [0.29, 0.717) is 35.5 Å². The summed E-state index contributed by atoms with van der Waals surface area (Å²) < 4.78 is 28.5. The van der Waals surface area contributed by atoms with Crippen LogP contribution in [0, 0.1) is 11.3 Å². The minimum Gasteiger partial charge on any atom is -0.302 e. The zero-order valence-electron chi connectivity index (χ0n) is 21.0. The number of carbonyl (C=O) groups is 2. The molecule has 3 aromatic carbocycles. The van der Waals surface area contributed by atoms with E-state index in [9.17, 15) is 18.0 Å². The molecule has 3 aromatic rings. The number of anilines is 2. The number of hydrogen-bond donors (Lipinski definition) is 1. The fraction of sp³-hybridized carbons (Fsp3) is 0.276. The molecular weight excluding hydrogens is 486 g/mol. The number of hydrogen-bond acceptors (Lipinski definition) is 5. The van der Waals surface area contributed by atoms with E-state index in [2.05, 4.69) is 18.6 Å². The van der Waals surface area contributed by atoms with Crippen LogP contribution < -0.4 is 9.62 Å². The number of rotatable bonds is 4. The van der Waals surface area contributed by atoms with Gasteiger partial charge in [-0.25, -0.2) is 8.42 Å². The molecule has 1 aliphatic carbocycles. The number of sulfonamides is 1. The standard InChI is InChI=1S/C29H29N3O4S/c1-19(33)32-25-12-8-7-11-23(25)30-24-17-29(2,3)18-26(34)27(24)28(32)20-13-15-22(16-14-20)37(35,36)31-21-9-5-4-6-10-21/h4-16,27-28,31H,17-18H2,1-3H3. The van der Waals surface area contributed by atoms with Gasteiger partial charge in [-0.05, 0) is 53.8 Å². The third-order valence-corrected chi connectivity index (χ3v) is 8.31. The van der Waals surface area contributed by atoms with Gasteiger partial charge in [0.05, 0.1) is 28.2 Å². The Morgan fingerprint density at radius 3 is 2.27 bits per heavy atom. The molecule has 37 heavy (non-hydrogen) atoms.